The first-order chi connectivity index (χ1) is 10.3. The van der Waals surface area contributed by atoms with Gasteiger partial charge in [-0.05, 0) is 30.2 Å². The molecule has 110 valence electrons. The van der Waals surface area contributed by atoms with Gasteiger partial charge >= 0.3 is 0 Å². The summed E-state index contributed by atoms with van der Waals surface area (Å²) in [5, 5.41) is 0. The lowest BCUT2D eigenvalue weighted by Crippen LogP contribution is -2.22. The molecule has 3 heteroatoms. The van der Waals surface area contributed by atoms with Gasteiger partial charge in [-0.15, -0.1) is 0 Å². The van der Waals surface area contributed by atoms with Crippen molar-refractivity contribution >= 4 is 5.69 Å². The summed E-state index contributed by atoms with van der Waals surface area (Å²) in [6.45, 7) is 2.34. The summed E-state index contributed by atoms with van der Waals surface area (Å²) in [4.78, 5) is 2.24. The first-order valence-electron chi connectivity index (χ1n) is 7.50. The fourth-order valence-corrected chi connectivity index (χ4v) is 2.88. The van der Waals surface area contributed by atoms with E-state index in [1.54, 1.807) is 0 Å². The highest BCUT2D eigenvalue weighted by molar-refractivity contribution is 5.55. The van der Waals surface area contributed by atoms with Crippen molar-refractivity contribution in [3.05, 3.63) is 59.7 Å². The molecule has 0 fully saturated rings. The average Bonchev–Trinajstić information content (AvgIpc) is 2.54. The van der Waals surface area contributed by atoms with E-state index in [1.807, 2.05) is 6.07 Å². The van der Waals surface area contributed by atoms with Crippen molar-refractivity contribution in [1.29, 1.82) is 0 Å². The summed E-state index contributed by atoms with van der Waals surface area (Å²) in [5.41, 5.74) is 9.58. The quantitative estimate of drug-likeness (QED) is 0.936. The van der Waals surface area contributed by atoms with Gasteiger partial charge in [0.05, 0.1) is 6.61 Å². The number of benzene rings is 2. The molecule has 2 aromatic rings. The Balaban J connectivity index is 1.80. The Morgan fingerprint density at radius 1 is 1.19 bits per heavy atom. The standard InChI is InChI=1S/C18H22N2O/c1-20(13-14-5-3-2-4-6-14)16-7-8-17-15(12-19)9-10-21-18(17)11-16/h2-8,11,15H,9-10,12-13,19H2,1H3. The summed E-state index contributed by atoms with van der Waals surface area (Å²) in [7, 11) is 2.11. The predicted octanol–water partition coefficient (Wildman–Crippen LogP) is 3.15. The van der Waals surface area contributed by atoms with Crippen LogP contribution in [0.3, 0.4) is 0 Å². The van der Waals surface area contributed by atoms with Crippen LogP contribution in [0.15, 0.2) is 48.5 Å². The van der Waals surface area contributed by atoms with Crippen molar-refractivity contribution in [2.75, 3.05) is 25.1 Å². The maximum absolute atomic E-state index is 5.85. The van der Waals surface area contributed by atoms with Crippen molar-refractivity contribution in [2.24, 2.45) is 5.73 Å². The third-order valence-corrected chi connectivity index (χ3v) is 4.15. The van der Waals surface area contributed by atoms with Crippen LogP contribution in [0.4, 0.5) is 5.69 Å². The molecule has 1 aliphatic rings. The van der Waals surface area contributed by atoms with Crippen molar-refractivity contribution < 1.29 is 4.74 Å². The first kappa shape index (κ1) is 14.0. The lowest BCUT2D eigenvalue weighted by molar-refractivity contribution is 0.269. The normalized spacial score (nSPS) is 17.0. The van der Waals surface area contributed by atoms with Crippen LogP contribution >= 0.6 is 0 Å². The number of nitrogens with two attached hydrogens (primary N) is 1. The molecule has 1 atom stereocenters. The van der Waals surface area contributed by atoms with Gasteiger partial charge in [0, 0.05) is 31.3 Å². The van der Waals surface area contributed by atoms with E-state index in [0.29, 0.717) is 12.5 Å². The van der Waals surface area contributed by atoms with Crippen LogP contribution in [0, 0.1) is 0 Å². The Morgan fingerprint density at radius 2 is 2.00 bits per heavy atom. The van der Waals surface area contributed by atoms with E-state index in [-0.39, 0.29) is 0 Å². The van der Waals surface area contributed by atoms with Gasteiger partial charge in [-0.2, -0.15) is 0 Å². The molecule has 0 saturated carbocycles. The topological polar surface area (TPSA) is 38.5 Å². The minimum atomic E-state index is 0.433. The van der Waals surface area contributed by atoms with Gasteiger partial charge in [0.15, 0.2) is 0 Å². The van der Waals surface area contributed by atoms with E-state index in [4.69, 9.17) is 10.5 Å². The molecule has 2 aromatic carbocycles. The molecule has 0 aliphatic carbocycles. The highest BCUT2D eigenvalue weighted by atomic mass is 16.5. The third-order valence-electron chi connectivity index (χ3n) is 4.15. The zero-order chi connectivity index (χ0) is 14.7. The van der Waals surface area contributed by atoms with Crippen LogP contribution in [0.2, 0.25) is 0 Å². The van der Waals surface area contributed by atoms with Gasteiger partial charge in [-0.25, -0.2) is 0 Å². The third kappa shape index (κ3) is 3.03. The number of nitrogens with zero attached hydrogens (tertiary/aromatic N) is 1. The Labute approximate surface area is 126 Å². The zero-order valence-electron chi connectivity index (χ0n) is 12.5. The molecule has 3 rings (SSSR count). The van der Waals surface area contributed by atoms with Gasteiger partial charge in [-0.1, -0.05) is 36.4 Å². The van der Waals surface area contributed by atoms with Crippen LogP contribution in [0.1, 0.15) is 23.5 Å². The highest BCUT2D eigenvalue weighted by Gasteiger charge is 2.20. The predicted molar refractivity (Wildman–Crippen MR) is 86.9 cm³/mol. The highest BCUT2D eigenvalue weighted by Crippen LogP contribution is 2.35. The second kappa shape index (κ2) is 6.19. The Bertz CT molecular complexity index is 597. The zero-order valence-corrected chi connectivity index (χ0v) is 12.5. The van der Waals surface area contributed by atoms with Gasteiger partial charge < -0.3 is 15.4 Å². The summed E-state index contributed by atoms with van der Waals surface area (Å²) in [6, 6.07) is 17.0. The summed E-state index contributed by atoms with van der Waals surface area (Å²) in [6.07, 6.45) is 1.02. The summed E-state index contributed by atoms with van der Waals surface area (Å²) < 4.78 is 5.81. The first-order valence-corrected chi connectivity index (χ1v) is 7.50. The lowest BCUT2D eigenvalue weighted by atomic mass is 9.93. The lowest BCUT2D eigenvalue weighted by Gasteiger charge is -2.27. The number of ether oxygens (including phenoxy) is 1. The molecule has 2 N–H and O–H groups in total. The largest absolute Gasteiger partial charge is 0.493 e. The molecule has 0 aromatic heterocycles. The van der Waals surface area contributed by atoms with Crippen molar-refractivity contribution in [1.82, 2.24) is 0 Å². The van der Waals surface area contributed by atoms with Crippen molar-refractivity contribution in [3.8, 4) is 5.75 Å². The minimum absolute atomic E-state index is 0.433. The second-order valence-electron chi connectivity index (χ2n) is 5.63. The van der Waals surface area contributed by atoms with Crippen molar-refractivity contribution in [2.45, 2.75) is 18.9 Å². The maximum Gasteiger partial charge on any atom is 0.124 e. The fraction of sp³-hybridized carbons (Fsp3) is 0.333. The molecule has 0 saturated heterocycles. The minimum Gasteiger partial charge on any atom is -0.493 e. The summed E-state index contributed by atoms with van der Waals surface area (Å²) in [5.74, 6) is 1.43. The number of rotatable bonds is 4. The molecule has 0 amide bonds. The van der Waals surface area contributed by atoms with Crippen LogP contribution in [0.5, 0.6) is 5.75 Å². The molecule has 1 heterocycles. The van der Waals surface area contributed by atoms with E-state index in [1.165, 1.54) is 16.8 Å². The molecule has 1 unspecified atom stereocenters. The molecular weight excluding hydrogens is 260 g/mol. The summed E-state index contributed by atoms with van der Waals surface area (Å²) >= 11 is 0. The van der Waals surface area contributed by atoms with Gasteiger partial charge in [-0.3, -0.25) is 0 Å². The number of anilines is 1. The fourth-order valence-electron chi connectivity index (χ4n) is 2.88. The Kier molecular flexibility index (Phi) is 4.11. The van der Waals surface area contributed by atoms with E-state index < -0.39 is 0 Å². The Morgan fingerprint density at radius 3 is 2.76 bits per heavy atom. The SMILES string of the molecule is CN(Cc1ccccc1)c1ccc2c(c1)OCCC2CN. The van der Waals surface area contributed by atoms with Gasteiger partial charge in [0.1, 0.15) is 5.75 Å². The molecule has 0 bridgehead atoms. The molecule has 1 aliphatic heterocycles. The molecule has 0 spiro atoms. The smallest absolute Gasteiger partial charge is 0.124 e. The Hall–Kier alpha value is -2.00. The van der Waals surface area contributed by atoms with Crippen molar-refractivity contribution in [3.63, 3.8) is 0 Å². The molecule has 21 heavy (non-hydrogen) atoms. The van der Waals surface area contributed by atoms with Crippen LogP contribution in [-0.2, 0) is 6.54 Å². The van der Waals surface area contributed by atoms with E-state index >= 15 is 0 Å². The van der Waals surface area contributed by atoms with E-state index in [9.17, 15) is 0 Å². The molecule has 0 radical (unpaired) electrons. The van der Waals surface area contributed by atoms with Gasteiger partial charge in [0.2, 0.25) is 0 Å². The number of hydrogen-bond donors (Lipinski definition) is 1. The second-order valence-corrected chi connectivity index (χ2v) is 5.63. The number of hydrogen-bond acceptors (Lipinski definition) is 3. The number of fused-ring (bicyclic) bond motifs is 1. The van der Waals surface area contributed by atoms with E-state index in [0.717, 1.165) is 25.3 Å². The van der Waals surface area contributed by atoms with Crippen LogP contribution < -0.4 is 15.4 Å². The van der Waals surface area contributed by atoms with Gasteiger partial charge in [0.25, 0.3) is 0 Å². The van der Waals surface area contributed by atoms with Crippen LogP contribution in [0.25, 0.3) is 0 Å². The van der Waals surface area contributed by atoms with Crippen LogP contribution in [-0.4, -0.2) is 20.2 Å². The average molecular weight is 282 g/mol. The van der Waals surface area contributed by atoms with E-state index in [2.05, 4.69) is 54.4 Å². The maximum atomic E-state index is 5.85. The monoisotopic (exact) mass is 282 g/mol. The molecular formula is C18H22N2O. The molecule has 3 nitrogen and oxygen atoms in total.